The summed E-state index contributed by atoms with van der Waals surface area (Å²) < 4.78 is 0.768. The highest BCUT2D eigenvalue weighted by atomic mass is 79.9. The van der Waals surface area contributed by atoms with Crippen molar-refractivity contribution in [2.45, 2.75) is 19.4 Å². The summed E-state index contributed by atoms with van der Waals surface area (Å²) in [7, 11) is 1.56. The summed E-state index contributed by atoms with van der Waals surface area (Å²) in [6.07, 6.45) is 0.109. The summed E-state index contributed by atoms with van der Waals surface area (Å²) in [6.45, 7) is 1.69. The molecule has 27 heavy (non-hydrogen) atoms. The predicted molar refractivity (Wildman–Crippen MR) is 108 cm³/mol. The summed E-state index contributed by atoms with van der Waals surface area (Å²) >= 11 is 3.36. The molecule has 0 aromatic heterocycles. The third-order valence-corrected chi connectivity index (χ3v) is 4.54. The molecule has 0 fully saturated rings. The lowest BCUT2D eigenvalue weighted by molar-refractivity contribution is -0.133. The van der Waals surface area contributed by atoms with Crippen molar-refractivity contribution < 1.29 is 14.4 Å². The zero-order chi connectivity index (χ0) is 19.8. The Bertz CT molecular complexity index is 811. The molecule has 7 heteroatoms. The van der Waals surface area contributed by atoms with Crippen LogP contribution in [0.25, 0.3) is 0 Å². The molecule has 0 radical (unpaired) electrons. The van der Waals surface area contributed by atoms with Crippen molar-refractivity contribution in [2.24, 2.45) is 0 Å². The summed E-state index contributed by atoms with van der Waals surface area (Å²) in [6, 6.07) is 15.7. The Morgan fingerprint density at radius 1 is 1.04 bits per heavy atom. The fraction of sp³-hybridized carbons (Fsp3) is 0.250. The van der Waals surface area contributed by atoms with Gasteiger partial charge in [0.05, 0.1) is 12.2 Å². The van der Waals surface area contributed by atoms with Crippen LogP contribution in [0.2, 0.25) is 0 Å². The Balaban J connectivity index is 1.81. The molecular formula is C20H22BrN3O3. The molecule has 2 aromatic carbocycles. The first kappa shape index (κ1) is 20.6. The number of hydrogen-bond donors (Lipinski definition) is 2. The molecule has 2 aromatic rings. The molecule has 0 spiro atoms. The second-order valence-corrected chi connectivity index (χ2v) is 7.08. The van der Waals surface area contributed by atoms with Gasteiger partial charge in [0.1, 0.15) is 0 Å². The van der Waals surface area contributed by atoms with E-state index in [2.05, 4.69) is 26.6 Å². The van der Waals surface area contributed by atoms with Gasteiger partial charge >= 0.3 is 0 Å². The van der Waals surface area contributed by atoms with Crippen LogP contribution >= 0.6 is 15.9 Å². The predicted octanol–water partition coefficient (Wildman–Crippen LogP) is 3.05. The van der Waals surface area contributed by atoms with E-state index in [9.17, 15) is 14.4 Å². The number of para-hydroxylation sites is 1. The molecule has 2 N–H and O–H groups in total. The van der Waals surface area contributed by atoms with E-state index >= 15 is 0 Å². The number of nitrogens with zero attached hydrogens (tertiary/aromatic N) is 1. The van der Waals surface area contributed by atoms with Gasteiger partial charge < -0.3 is 15.5 Å². The van der Waals surface area contributed by atoms with Crippen LogP contribution in [0.1, 0.15) is 23.7 Å². The van der Waals surface area contributed by atoms with Crippen molar-refractivity contribution in [1.82, 2.24) is 10.2 Å². The Morgan fingerprint density at radius 3 is 2.33 bits per heavy atom. The van der Waals surface area contributed by atoms with Gasteiger partial charge in [-0.15, -0.1) is 0 Å². The molecule has 6 nitrogen and oxygen atoms in total. The Hall–Kier alpha value is -2.67. The van der Waals surface area contributed by atoms with E-state index < -0.39 is 0 Å². The molecule has 0 heterocycles. The summed E-state index contributed by atoms with van der Waals surface area (Å²) in [5.74, 6) is -0.748. The second kappa shape index (κ2) is 9.87. The van der Waals surface area contributed by atoms with E-state index in [-0.39, 0.29) is 36.7 Å². The second-order valence-electron chi connectivity index (χ2n) is 6.22. The quantitative estimate of drug-likeness (QED) is 0.706. The van der Waals surface area contributed by atoms with Crippen LogP contribution in [0.4, 0.5) is 5.69 Å². The molecule has 0 aliphatic rings. The van der Waals surface area contributed by atoms with Crippen molar-refractivity contribution in [3.05, 3.63) is 64.6 Å². The minimum absolute atomic E-state index is 0.0699. The molecular weight excluding hydrogens is 410 g/mol. The van der Waals surface area contributed by atoms with Gasteiger partial charge in [0.2, 0.25) is 11.8 Å². The molecule has 0 unspecified atom stereocenters. The average molecular weight is 432 g/mol. The van der Waals surface area contributed by atoms with Gasteiger partial charge in [-0.1, -0.05) is 30.3 Å². The zero-order valence-electron chi connectivity index (χ0n) is 15.2. The molecule has 0 aliphatic heterocycles. The third kappa shape index (κ3) is 6.53. The number of hydrogen-bond acceptors (Lipinski definition) is 3. The SMILES string of the molecule is C[C@@H](CC(=O)N(C)CC(=O)Nc1ccccc1Br)NC(=O)c1ccccc1. The van der Waals surface area contributed by atoms with E-state index in [1.54, 1.807) is 44.3 Å². The highest BCUT2D eigenvalue weighted by Gasteiger charge is 2.18. The van der Waals surface area contributed by atoms with Gasteiger partial charge in [-0.25, -0.2) is 0 Å². The van der Waals surface area contributed by atoms with Crippen LogP contribution < -0.4 is 10.6 Å². The molecule has 0 saturated heterocycles. The highest BCUT2D eigenvalue weighted by molar-refractivity contribution is 9.10. The van der Waals surface area contributed by atoms with Crippen LogP contribution in [0.15, 0.2) is 59.1 Å². The Kier molecular flexibility index (Phi) is 7.55. The van der Waals surface area contributed by atoms with Crippen molar-refractivity contribution in [2.75, 3.05) is 18.9 Å². The van der Waals surface area contributed by atoms with E-state index in [4.69, 9.17) is 0 Å². The summed E-state index contributed by atoms with van der Waals surface area (Å²) in [5.41, 5.74) is 1.19. The van der Waals surface area contributed by atoms with Crippen molar-refractivity contribution in [1.29, 1.82) is 0 Å². The maximum absolute atomic E-state index is 12.3. The number of rotatable bonds is 7. The summed E-state index contributed by atoms with van der Waals surface area (Å²) in [5, 5.41) is 5.54. The lowest BCUT2D eigenvalue weighted by atomic mass is 10.1. The maximum atomic E-state index is 12.3. The molecule has 142 valence electrons. The number of nitrogens with one attached hydrogen (secondary N) is 2. The monoisotopic (exact) mass is 431 g/mol. The van der Waals surface area contributed by atoms with Gasteiger partial charge in [0.15, 0.2) is 0 Å². The van der Waals surface area contributed by atoms with Crippen molar-refractivity contribution >= 4 is 39.3 Å². The van der Waals surface area contributed by atoms with Crippen molar-refractivity contribution in [3.63, 3.8) is 0 Å². The Labute approximate surface area is 167 Å². The molecule has 2 rings (SSSR count). The number of halogens is 1. The molecule has 0 saturated carbocycles. The normalized spacial score (nSPS) is 11.4. The fourth-order valence-corrected chi connectivity index (χ4v) is 2.81. The number of carbonyl (C=O) groups excluding carboxylic acids is 3. The van der Waals surface area contributed by atoms with Gasteiger partial charge in [-0.2, -0.15) is 0 Å². The third-order valence-electron chi connectivity index (χ3n) is 3.85. The molecule has 1 atom stereocenters. The summed E-state index contributed by atoms with van der Waals surface area (Å²) in [4.78, 5) is 37.9. The van der Waals surface area contributed by atoms with Gasteiger partial charge in [0.25, 0.3) is 5.91 Å². The highest BCUT2D eigenvalue weighted by Crippen LogP contribution is 2.20. The number of carbonyl (C=O) groups is 3. The lowest BCUT2D eigenvalue weighted by Crippen LogP contribution is -2.40. The first-order valence-corrected chi connectivity index (χ1v) is 9.30. The number of amides is 3. The van der Waals surface area contributed by atoms with Crippen LogP contribution in [0, 0.1) is 0 Å². The number of likely N-dealkylation sites (N-methyl/N-ethyl adjacent to an activating group) is 1. The Morgan fingerprint density at radius 2 is 1.67 bits per heavy atom. The molecule has 0 aliphatic carbocycles. The minimum atomic E-state index is -0.348. The topological polar surface area (TPSA) is 78.5 Å². The van der Waals surface area contributed by atoms with Gasteiger partial charge in [-0.3, -0.25) is 14.4 Å². The van der Waals surface area contributed by atoms with Crippen LogP contribution in [-0.2, 0) is 9.59 Å². The number of benzene rings is 2. The van der Waals surface area contributed by atoms with Crippen molar-refractivity contribution in [3.8, 4) is 0 Å². The smallest absolute Gasteiger partial charge is 0.251 e. The largest absolute Gasteiger partial charge is 0.349 e. The minimum Gasteiger partial charge on any atom is -0.349 e. The molecule has 0 bridgehead atoms. The molecule has 3 amide bonds. The van der Waals surface area contributed by atoms with E-state index in [1.807, 2.05) is 24.3 Å². The number of anilines is 1. The first-order chi connectivity index (χ1) is 12.9. The lowest BCUT2D eigenvalue weighted by Gasteiger charge is -2.20. The maximum Gasteiger partial charge on any atom is 0.251 e. The first-order valence-electron chi connectivity index (χ1n) is 8.51. The zero-order valence-corrected chi connectivity index (χ0v) is 16.8. The van der Waals surface area contributed by atoms with Gasteiger partial charge in [-0.05, 0) is 47.1 Å². The van der Waals surface area contributed by atoms with Crippen LogP contribution in [-0.4, -0.2) is 42.3 Å². The standard InChI is InChI=1S/C20H22BrN3O3/c1-14(22-20(27)15-8-4-3-5-9-15)12-19(26)24(2)13-18(25)23-17-11-7-6-10-16(17)21/h3-11,14H,12-13H2,1-2H3,(H,22,27)(H,23,25)/t14-/m0/s1. The van der Waals surface area contributed by atoms with Crippen LogP contribution in [0.5, 0.6) is 0 Å². The van der Waals surface area contributed by atoms with Crippen LogP contribution in [0.3, 0.4) is 0 Å². The van der Waals surface area contributed by atoms with E-state index in [1.165, 1.54) is 4.90 Å². The van der Waals surface area contributed by atoms with E-state index in [0.29, 0.717) is 11.3 Å². The fourth-order valence-electron chi connectivity index (χ4n) is 2.42. The van der Waals surface area contributed by atoms with E-state index in [0.717, 1.165) is 4.47 Å². The van der Waals surface area contributed by atoms with Gasteiger partial charge in [0, 0.05) is 29.5 Å². The average Bonchev–Trinajstić information content (AvgIpc) is 2.64.